The summed E-state index contributed by atoms with van der Waals surface area (Å²) in [5.74, 6) is -0.389. The third-order valence-electron chi connectivity index (χ3n) is 5.57. The molecule has 1 atom stereocenters. The number of piperidine rings is 1. The van der Waals surface area contributed by atoms with Crippen molar-refractivity contribution in [1.29, 1.82) is 0 Å². The molecule has 0 aromatic heterocycles. The van der Waals surface area contributed by atoms with Gasteiger partial charge in [-0.1, -0.05) is 31.4 Å². The van der Waals surface area contributed by atoms with Crippen LogP contribution in [0.5, 0.6) is 0 Å². The molecular formula is C19H26FNO2. The van der Waals surface area contributed by atoms with Gasteiger partial charge >= 0.3 is 5.97 Å². The maximum atomic E-state index is 13.2. The number of esters is 1. The van der Waals surface area contributed by atoms with Crippen LogP contribution in [0.15, 0.2) is 24.3 Å². The SMILES string of the molecule is CN1CCCCC1COC(=O)C1(c2ccc(F)cc2)CCCC1. The first-order valence-electron chi connectivity index (χ1n) is 8.75. The Morgan fingerprint density at radius 1 is 1.22 bits per heavy atom. The third-order valence-corrected chi connectivity index (χ3v) is 5.57. The molecule has 1 aliphatic carbocycles. The Balaban J connectivity index is 1.70. The minimum absolute atomic E-state index is 0.124. The van der Waals surface area contributed by atoms with Gasteiger partial charge in [0, 0.05) is 6.04 Å². The highest BCUT2D eigenvalue weighted by Crippen LogP contribution is 2.42. The Bertz CT molecular complexity index is 537. The van der Waals surface area contributed by atoms with E-state index in [0.29, 0.717) is 12.6 Å². The third kappa shape index (κ3) is 3.42. The van der Waals surface area contributed by atoms with Crippen LogP contribution in [0.4, 0.5) is 4.39 Å². The zero-order valence-corrected chi connectivity index (χ0v) is 13.9. The van der Waals surface area contributed by atoms with Crippen LogP contribution in [-0.2, 0) is 14.9 Å². The molecule has 3 nitrogen and oxygen atoms in total. The van der Waals surface area contributed by atoms with Gasteiger partial charge in [-0.2, -0.15) is 0 Å². The van der Waals surface area contributed by atoms with E-state index in [1.807, 2.05) is 0 Å². The molecule has 1 aromatic carbocycles. The predicted octanol–water partition coefficient (Wildman–Crippen LogP) is 3.67. The molecule has 0 radical (unpaired) electrons. The van der Waals surface area contributed by atoms with Crippen molar-refractivity contribution in [2.75, 3.05) is 20.2 Å². The normalized spacial score (nSPS) is 24.5. The molecule has 0 N–H and O–H groups in total. The standard InChI is InChI=1S/C19H26FNO2/c1-21-13-5-2-6-17(21)14-23-18(22)19(11-3-4-12-19)15-7-9-16(20)10-8-15/h7-10,17H,2-6,11-14H2,1H3. The molecule has 23 heavy (non-hydrogen) atoms. The van der Waals surface area contributed by atoms with Crippen molar-refractivity contribution in [3.63, 3.8) is 0 Å². The Kier molecular flexibility index (Phi) is 5.00. The van der Waals surface area contributed by atoms with Gasteiger partial charge in [0.2, 0.25) is 0 Å². The summed E-state index contributed by atoms with van der Waals surface area (Å²) in [6.45, 7) is 1.55. The fourth-order valence-electron chi connectivity index (χ4n) is 4.02. The van der Waals surface area contributed by atoms with E-state index >= 15 is 0 Å². The summed E-state index contributed by atoms with van der Waals surface area (Å²) in [6.07, 6.45) is 7.17. The van der Waals surface area contributed by atoms with Crippen molar-refractivity contribution in [3.8, 4) is 0 Å². The first kappa shape index (κ1) is 16.4. The van der Waals surface area contributed by atoms with Gasteiger partial charge in [-0.05, 0) is 57.0 Å². The van der Waals surface area contributed by atoms with E-state index in [-0.39, 0.29) is 11.8 Å². The molecule has 0 bridgehead atoms. The predicted molar refractivity (Wildman–Crippen MR) is 87.8 cm³/mol. The van der Waals surface area contributed by atoms with Gasteiger partial charge < -0.3 is 9.64 Å². The van der Waals surface area contributed by atoms with Gasteiger partial charge in [-0.25, -0.2) is 4.39 Å². The van der Waals surface area contributed by atoms with Crippen LogP contribution >= 0.6 is 0 Å². The average Bonchev–Trinajstić information content (AvgIpc) is 3.05. The Morgan fingerprint density at radius 2 is 1.91 bits per heavy atom. The molecule has 2 fully saturated rings. The zero-order chi connectivity index (χ0) is 16.3. The Hall–Kier alpha value is -1.42. The van der Waals surface area contributed by atoms with Gasteiger partial charge in [0.1, 0.15) is 12.4 Å². The summed E-state index contributed by atoms with van der Waals surface area (Å²) < 4.78 is 19.0. The number of carbonyl (C=O) groups excluding carboxylic acids is 1. The van der Waals surface area contributed by atoms with Crippen LogP contribution in [0.2, 0.25) is 0 Å². The van der Waals surface area contributed by atoms with E-state index in [2.05, 4.69) is 11.9 Å². The number of benzene rings is 1. The largest absolute Gasteiger partial charge is 0.463 e. The number of ether oxygens (including phenoxy) is 1. The number of likely N-dealkylation sites (N-methyl/N-ethyl adjacent to an activating group) is 1. The van der Waals surface area contributed by atoms with Gasteiger partial charge in [-0.3, -0.25) is 4.79 Å². The van der Waals surface area contributed by atoms with Crippen molar-refractivity contribution >= 4 is 5.97 Å². The molecule has 0 spiro atoms. The highest BCUT2D eigenvalue weighted by molar-refractivity contribution is 5.83. The molecule has 1 aromatic rings. The zero-order valence-electron chi connectivity index (χ0n) is 13.9. The molecule has 0 amide bonds. The molecule has 126 valence electrons. The molecule has 1 saturated heterocycles. The Morgan fingerprint density at radius 3 is 2.57 bits per heavy atom. The number of halogens is 1. The lowest BCUT2D eigenvalue weighted by Gasteiger charge is -2.33. The van der Waals surface area contributed by atoms with Gasteiger partial charge in [0.15, 0.2) is 0 Å². The fraction of sp³-hybridized carbons (Fsp3) is 0.632. The summed E-state index contributed by atoms with van der Waals surface area (Å²) in [5.41, 5.74) is 0.333. The molecule has 2 aliphatic rings. The van der Waals surface area contributed by atoms with E-state index in [1.165, 1.54) is 25.0 Å². The van der Waals surface area contributed by atoms with Crippen LogP contribution < -0.4 is 0 Å². The van der Waals surface area contributed by atoms with Gasteiger partial charge in [-0.15, -0.1) is 0 Å². The average molecular weight is 319 g/mol. The van der Waals surface area contributed by atoms with Crippen molar-refractivity contribution in [2.24, 2.45) is 0 Å². The monoisotopic (exact) mass is 319 g/mol. The van der Waals surface area contributed by atoms with Gasteiger partial charge in [0.05, 0.1) is 5.41 Å². The number of hydrogen-bond donors (Lipinski definition) is 0. The van der Waals surface area contributed by atoms with E-state index in [4.69, 9.17) is 4.74 Å². The van der Waals surface area contributed by atoms with Gasteiger partial charge in [0.25, 0.3) is 0 Å². The van der Waals surface area contributed by atoms with E-state index in [0.717, 1.165) is 44.2 Å². The summed E-state index contributed by atoms with van der Waals surface area (Å²) in [4.78, 5) is 15.2. The maximum absolute atomic E-state index is 13.2. The first-order valence-corrected chi connectivity index (χ1v) is 8.75. The highest BCUT2D eigenvalue weighted by Gasteiger charge is 2.44. The van der Waals surface area contributed by atoms with Crippen LogP contribution in [-0.4, -0.2) is 37.1 Å². The molecular weight excluding hydrogens is 293 g/mol. The highest BCUT2D eigenvalue weighted by atomic mass is 19.1. The topological polar surface area (TPSA) is 29.5 Å². The van der Waals surface area contributed by atoms with Crippen molar-refractivity contribution < 1.29 is 13.9 Å². The molecule has 1 heterocycles. The Labute approximate surface area is 137 Å². The van der Waals surface area contributed by atoms with E-state index in [1.54, 1.807) is 12.1 Å². The van der Waals surface area contributed by atoms with Crippen molar-refractivity contribution in [2.45, 2.75) is 56.4 Å². The minimum atomic E-state index is -0.569. The quantitative estimate of drug-likeness (QED) is 0.793. The van der Waals surface area contributed by atoms with Crippen LogP contribution in [0, 0.1) is 5.82 Å². The number of nitrogens with zero attached hydrogens (tertiary/aromatic N) is 1. The number of rotatable bonds is 4. The molecule has 4 heteroatoms. The van der Waals surface area contributed by atoms with Crippen molar-refractivity contribution in [1.82, 2.24) is 4.90 Å². The molecule has 1 aliphatic heterocycles. The lowest BCUT2D eigenvalue weighted by molar-refractivity contribution is -0.152. The summed E-state index contributed by atoms with van der Waals surface area (Å²) in [5, 5.41) is 0. The fourth-order valence-corrected chi connectivity index (χ4v) is 4.02. The lowest BCUT2D eigenvalue weighted by atomic mass is 9.79. The second kappa shape index (κ2) is 7.00. The summed E-state index contributed by atoms with van der Waals surface area (Å²) in [7, 11) is 2.10. The number of hydrogen-bond acceptors (Lipinski definition) is 3. The maximum Gasteiger partial charge on any atom is 0.316 e. The first-order chi connectivity index (χ1) is 11.1. The summed E-state index contributed by atoms with van der Waals surface area (Å²) >= 11 is 0. The van der Waals surface area contributed by atoms with E-state index < -0.39 is 5.41 Å². The minimum Gasteiger partial charge on any atom is -0.463 e. The molecule has 3 rings (SSSR count). The van der Waals surface area contributed by atoms with Crippen molar-refractivity contribution in [3.05, 3.63) is 35.6 Å². The number of carbonyl (C=O) groups is 1. The molecule has 1 unspecified atom stereocenters. The van der Waals surface area contributed by atoms with Crippen LogP contribution in [0.25, 0.3) is 0 Å². The second-order valence-corrected chi connectivity index (χ2v) is 7.02. The van der Waals surface area contributed by atoms with Crippen LogP contribution in [0.1, 0.15) is 50.5 Å². The van der Waals surface area contributed by atoms with Crippen LogP contribution in [0.3, 0.4) is 0 Å². The smallest absolute Gasteiger partial charge is 0.316 e. The lowest BCUT2D eigenvalue weighted by Crippen LogP contribution is -2.42. The summed E-state index contributed by atoms with van der Waals surface area (Å²) in [6, 6.07) is 6.71. The number of likely N-dealkylation sites (tertiary alicyclic amines) is 1. The second-order valence-electron chi connectivity index (χ2n) is 7.02. The van der Waals surface area contributed by atoms with E-state index in [9.17, 15) is 9.18 Å². The molecule has 1 saturated carbocycles.